The molecular formula is C30H36N8O4. The number of nitrogens with one attached hydrogen (secondary N) is 1. The highest BCUT2D eigenvalue weighted by Gasteiger charge is 2.39. The first-order chi connectivity index (χ1) is 20.4. The van der Waals surface area contributed by atoms with Crippen LogP contribution >= 0.6 is 0 Å². The molecule has 42 heavy (non-hydrogen) atoms. The van der Waals surface area contributed by atoms with E-state index in [0.29, 0.717) is 43.7 Å². The van der Waals surface area contributed by atoms with Crippen LogP contribution in [0.1, 0.15) is 43.4 Å². The molecule has 2 aromatic heterocycles. The van der Waals surface area contributed by atoms with Gasteiger partial charge in [0.2, 0.25) is 11.7 Å². The minimum absolute atomic E-state index is 0.185. The van der Waals surface area contributed by atoms with Gasteiger partial charge in [-0.2, -0.15) is 20.3 Å². The van der Waals surface area contributed by atoms with E-state index in [2.05, 4.69) is 34.8 Å². The van der Waals surface area contributed by atoms with Gasteiger partial charge in [0.15, 0.2) is 11.9 Å². The van der Waals surface area contributed by atoms with Gasteiger partial charge in [-0.1, -0.05) is 12.6 Å². The summed E-state index contributed by atoms with van der Waals surface area (Å²) in [6.07, 6.45) is 4.66. The molecule has 3 aliphatic rings. The second kappa shape index (κ2) is 11.5. The molecule has 3 aromatic rings. The SMILES string of the molecule is C=CC(=O)N1CCN(c2nc(OC[C@@H]3CCCN3C)nc3c2O[C@@H](C)C(c2c(C)ccc4[nH]ncc24)O3)C[C@@H]1CC#N. The molecule has 1 N–H and O–H groups in total. The lowest BCUT2D eigenvalue weighted by Gasteiger charge is -2.42. The summed E-state index contributed by atoms with van der Waals surface area (Å²) < 4.78 is 19.4. The summed E-state index contributed by atoms with van der Waals surface area (Å²) in [6.45, 7) is 10.4. The van der Waals surface area contributed by atoms with Gasteiger partial charge in [-0.25, -0.2) is 0 Å². The third-order valence-corrected chi connectivity index (χ3v) is 8.58. The molecule has 1 amide bonds. The number of aromatic nitrogens is 4. The molecule has 2 fully saturated rings. The lowest BCUT2D eigenvalue weighted by Crippen LogP contribution is -2.55. The molecule has 3 aliphatic heterocycles. The number of amides is 1. The number of likely N-dealkylation sites (tertiary alicyclic amines) is 1. The maximum Gasteiger partial charge on any atom is 0.322 e. The van der Waals surface area contributed by atoms with Crippen LogP contribution in [-0.2, 0) is 4.79 Å². The van der Waals surface area contributed by atoms with Gasteiger partial charge in [0.1, 0.15) is 12.7 Å². The van der Waals surface area contributed by atoms with E-state index >= 15 is 0 Å². The first-order valence-corrected chi connectivity index (χ1v) is 14.4. The molecule has 0 saturated carbocycles. The third-order valence-electron chi connectivity index (χ3n) is 8.58. The highest BCUT2D eigenvalue weighted by atomic mass is 16.6. The van der Waals surface area contributed by atoms with E-state index in [1.165, 1.54) is 6.08 Å². The number of benzene rings is 1. The number of piperazine rings is 1. The summed E-state index contributed by atoms with van der Waals surface area (Å²) in [5.41, 5.74) is 2.96. The first kappa shape index (κ1) is 27.8. The molecule has 0 bridgehead atoms. The van der Waals surface area contributed by atoms with Crippen molar-refractivity contribution in [3.05, 3.63) is 42.1 Å². The molecule has 12 nitrogen and oxygen atoms in total. The number of aromatic amines is 1. The van der Waals surface area contributed by atoms with Crippen molar-refractivity contribution >= 4 is 22.6 Å². The van der Waals surface area contributed by atoms with Crippen LogP contribution in [0.25, 0.3) is 10.9 Å². The van der Waals surface area contributed by atoms with Gasteiger partial charge in [0, 0.05) is 36.6 Å². The number of anilines is 1. The third kappa shape index (κ3) is 5.09. The van der Waals surface area contributed by atoms with Crippen molar-refractivity contribution in [2.24, 2.45) is 0 Å². The molecule has 5 heterocycles. The topological polar surface area (TPSA) is 133 Å². The zero-order chi connectivity index (χ0) is 29.4. The van der Waals surface area contributed by atoms with Crippen LogP contribution in [0.3, 0.4) is 0 Å². The van der Waals surface area contributed by atoms with Gasteiger partial charge in [-0.15, -0.1) is 0 Å². The maximum atomic E-state index is 12.5. The Morgan fingerprint density at radius 1 is 1.26 bits per heavy atom. The van der Waals surface area contributed by atoms with Crippen molar-refractivity contribution in [1.82, 2.24) is 30.0 Å². The molecule has 12 heteroatoms. The lowest BCUT2D eigenvalue weighted by molar-refractivity contribution is -0.128. The minimum Gasteiger partial charge on any atom is -0.478 e. The zero-order valence-corrected chi connectivity index (χ0v) is 24.2. The fourth-order valence-corrected chi connectivity index (χ4v) is 6.24. The number of carbonyl (C=O) groups excluding carboxylic acids is 1. The first-order valence-electron chi connectivity index (χ1n) is 14.4. The van der Waals surface area contributed by atoms with Crippen LogP contribution in [0.4, 0.5) is 5.82 Å². The number of hydrogen-bond donors (Lipinski definition) is 1. The van der Waals surface area contributed by atoms with Crippen molar-refractivity contribution in [3.63, 3.8) is 0 Å². The Morgan fingerprint density at radius 3 is 2.88 bits per heavy atom. The van der Waals surface area contributed by atoms with E-state index in [-0.39, 0.29) is 36.5 Å². The summed E-state index contributed by atoms with van der Waals surface area (Å²) in [6, 6.07) is 6.43. The van der Waals surface area contributed by atoms with Gasteiger partial charge in [0.25, 0.3) is 5.88 Å². The number of H-pyrrole nitrogens is 1. The van der Waals surface area contributed by atoms with Crippen molar-refractivity contribution in [2.75, 3.05) is 44.7 Å². The van der Waals surface area contributed by atoms with E-state index in [0.717, 1.165) is 41.4 Å². The van der Waals surface area contributed by atoms with Crippen LogP contribution in [-0.4, -0.2) is 93.9 Å². The summed E-state index contributed by atoms with van der Waals surface area (Å²) in [5, 5.41) is 17.7. The molecule has 0 radical (unpaired) electrons. The van der Waals surface area contributed by atoms with Gasteiger partial charge >= 0.3 is 6.01 Å². The van der Waals surface area contributed by atoms with E-state index < -0.39 is 6.10 Å². The minimum atomic E-state index is -0.441. The number of nitrogens with zero attached hydrogens (tertiary/aromatic N) is 7. The zero-order valence-electron chi connectivity index (χ0n) is 24.2. The molecule has 1 aromatic carbocycles. The van der Waals surface area contributed by atoms with Crippen LogP contribution in [0.5, 0.6) is 17.6 Å². The standard InChI is InChI=1S/C30H36N8O4/c1-5-24(39)38-14-13-37(16-20(38)10-11-31)28-27-29(34-30(33-28)40-17-21-7-6-12-36(21)4)42-26(19(3)41-27)25-18(2)8-9-23-22(25)15-32-35-23/h5,8-9,15,19-21,26H,1,6-7,10,12-14,16-17H2,2-4H3,(H,32,35)/t19-,20-,21-,26?/m0/s1. The Balaban J connectivity index is 1.36. The lowest BCUT2D eigenvalue weighted by atomic mass is 9.95. The van der Waals surface area contributed by atoms with Crippen molar-refractivity contribution in [3.8, 4) is 23.7 Å². The second-order valence-electron chi connectivity index (χ2n) is 11.2. The number of likely N-dealkylation sites (N-methyl/N-ethyl adjacent to an activating group) is 1. The van der Waals surface area contributed by atoms with E-state index in [1.807, 2.05) is 30.9 Å². The summed E-state index contributed by atoms with van der Waals surface area (Å²) in [5.74, 6) is 1.08. The molecule has 2 saturated heterocycles. The fraction of sp³-hybridized carbons (Fsp3) is 0.500. The average Bonchev–Trinajstić information content (AvgIpc) is 3.64. The summed E-state index contributed by atoms with van der Waals surface area (Å²) in [4.78, 5) is 28.0. The summed E-state index contributed by atoms with van der Waals surface area (Å²) in [7, 11) is 2.10. The number of aryl methyl sites for hydroxylation is 1. The monoisotopic (exact) mass is 572 g/mol. The van der Waals surface area contributed by atoms with Crippen molar-refractivity contribution < 1.29 is 19.0 Å². The van der Waals surface area contributed by atoms with Gasteiger partial charge < -0.3 is 28.9 Å². The molecule has 4 atom stereocenters. The summed E-state index contributed by atoms with van der Waals surface area (Å²) >= 11 is 0. The Bertz CT molecular complexity index is 1530. The molecular weight excluding hydrogens is 536 g/mol. The number of ether oxygens (including phenoxy) is 3. The molecule has 6 rings (SSSR count). The predicted molar refractivity (Wildman–Crippen MR) is 156 cm³/mol. The molecule has 1 unspecified atom stereocenters. The molecule has 0 spiro atoms. The number of fused-ring (bicyclic) bond motifs is 2. The maximum absolute atomic E-state index is 12.5. The van der Waals surface area contributed by atoms with Crippen molar-refractivity contribution in [2.45, 2.75) is 57.4 Å². The Hall–Kier alpha value is -4.37. The largest absolute Gasteiger partial charge is 0.478 e. The van der Waals surface area contributed by atoms with Crippen LogP contribution < -0.4 is 19.1 Å². The highest BCUT2D eigenvalue weighted by Crippen LogP contribution is 2.46. The van der Waals surface area contributed by atoms with Crippen molar-refractivity contribution in [1.29, 1.82) is 5.26 Å². The van der Waals surface area contributed by atoms with Gasteiger partial charge in [-0.05, 0) is 58.0 Å². The number of nitriles is 1. The van der Waals surface area contributed by atoms with Gasteiger partial charge in [0.05, 0.1) is 30.2 Å². The smallest absolute Gasteiger partial charge is 0.322 e. The highest BCUT2D eigenvalue weighted by molar-refractivity contribution is 5.87. The quantitative estimate of drug-likeness (QED) is 0.421. The van der Waals surface area contributed by atoms with E-state index in [9.17, 15) is 10.1 Å². The van der Waals surface area contributed by atoms with E-state index in [1.54, 1.807) is 11.1 Å². The molecule has 220 valence electrons. The predicted octanol–water partition coefficient (Wildman–Crippen LogP) is 3.15. The fourth-order valence-electron chi connectivity index (χ4n) is 6.24. The Kier molecular flexibility index (Phi) is 7.60. The number of rotatable bonds is 7. The Morgan fingerprint density at radius 2 is 2.12 bits per heavy atom. The van der Waals surface area contributed by atoms with Gasteiger partial charge in [-0.3, -0.25) is 9.89 Å². The van der Waals surface area contributed by atoms with Crippen LogP contribution in [0.15, 0.2) is 31.0 Å². The Labute approximate surface area is 244 Å². The van der Waals surface area contributed by atoms with Crippen LogP contribution in [0.2, 0.25) is 0 Å². The number of carbonyl (C=O) groups is 1. The molecule has 0 aliphatic carbocycles. The van der Waals surface area contributed by atoms with E-state index in [4.69, 9.17) is 24.2 Å². The van der Waals surface area contributed by atoms with Crippen LogP contribution in [0, 0.1) is 18.3 Å². The normalized spacial score (nSPS) is 24.0. The average molecular weight is 573 g/mol. The number of hydrogen-bond acceptors (Lipinski definition) is 10. The second-order valence-corrected chi connectivity index (χ2v) is 11.2.